The highest BCUT2D eigenvalue weighted by Gasteiger charge is 2.23. The number of hydrogen-bond donors (Lipinski definition) is 1. The highest BCUT2D eigenvalue weighted by Crippen LogP contribution is 2.19. The van der Waals surface area contributed by atoms with E-state index in [9.17, 15) is 14.0 Å². The van der Waals surface area contributed by atoms with Crippen LogP contribution in [0.2, 0.25) is 0 Å². The van der Waals surface area contributed by atoms with Crippen molar-refractivity contribution >= 4 is 11.8 Å². The van der Waals surface area contributed by atoms with Crippen molar-refractivity contribution in [3.8, 4) is 0 Å². The Morgan fingerprint density at radius 3 is 2.42 bits per heavy atom. The Balaban J connectivity index is 1.63. The molecule has 1 fully saturated rings. The molecule has 0 saturated heterocycles. The molecule has 2 aromatic rings. The fourth-order valence-electron chi connectivity index (χ4n) is 2.44. The summed E-state index contributed by atoms with van der Waals surface area (Å²) in [7, 11) is 1.63. The monoisotopic (exact) mass is 326 g/mol. The molecule has 1 aliphatic carbocycles. The quantitative estimate of drug-likeness (QED) is 0.918. The third-order valence-corrected chi connectivity index (χ3v) is 4.00. The van der Waals surface area contributed by atoms with Crippen LogP contribution in [0.15, 0.2) is 48.5 Å². The van der Waals surface area contributed by atoms with Crippen molar-refractivity contribution in [3.63, 3.8) is 0 Å². The molecule has 1 N–H and O–H groups in total. The van der Waals surface area contributed by atoms with Gasteiger partial charge in [-0.3, -0.25) is 9.59 Å². The Hall–Kier alpha value is -2.69. The van der Waals surface area contributed by atoms with E-state index in [2.05, 4.69) is 5.32 Å². The molecule has 0 radical (unpaired) electrons. The SMILES string of the molecule is CN(Cc1ccc(C(=O)NC2CC2)cc1)C(=O)c1ccccc1F. The molecular weight excluding hydrogens is 307 g/mol. The molecule has 5 heteroatoms. The first kappa shape index (κ1) is 16.2. The van der Waals surface area contributed by atoms with Gasteiger partial charge in [0.15, 0.2) is 0 Å². The molecule has 124 valence electrons. The topological polar surface area (TPSA) is 49.4 Å². The number of rotatable bonds is 5. The van der Waals surface area contributed by atoms with E-state index < -0.39 is 5.82 Å². The van der Waals surface area contributed by atoms with Gasteiger partial charge in [0.25, 0.3) is 11.8 Å². The van der Waals surface area contributed by atoms with Gasteiger partial charge in [0.05, 0.1) is 5.56 Å². The van der Waals surface area contributed by atoms with E-state index in [1.54, 1.807) is 31.3 Å². The van der Waals surface area contributed by atoms with Crippen molar-refractivity contribution < 1.29 is 14.0 Å². The predicted molar refractivity (Wildman–Crippen MR) is 89.1 cm³/mol. The first-order chi connectivity index (χ1) is 11.5. The summed E-state index contributed by atoms with van der Waals surface area (Å²) in [5, 5.41) is 2.93. The van der Waals surface area contributed by atoms with Gasteiger partial charge in [0, 0.05) is 25.2 Å². The Bertz CT molecular complexity index is 754. The van der Waals surface area contributed by atoms with Crippen molar-refractivity contribution in [1.29, 1.82) is 0 Å². The lowest BCUT2D eigenvalue weighted by Gasteiger charge is -2.18. The van der Waals surface area contributed by atoms with E-state index in [0.29, 0.717) is 18.2 Å². The van der Waals surface area contributed by atoms with E-state index in [4.69, 9.17) is 0 Å². The highest BCUT2D eigenvalue weighted by molar-refractivity contribution is 5.95. The second-order valence-corrected chi connectivity index (χ2v) is 6.09. The third kappa shape index (κ3) is 3.79. The minimum absolute atomic E-state index is 0.0560. The summed E-state index contributed by atoms with van der Waals surface area (Å²) in [4.78, 5) is 25.7. The maximum Gasteiger partial charge on any atom is 0.256 e. The molecule has 24 heavy (non-hydrogen) atoms. The zero-order chi connectivity index (χ0) is 17.1. The van der Waals surface area contributed by atoms with Gasteiger partial charge in [-0.05, 0) is 42.7 Å². The van der Waals surface area contributed by atoms with Crippen LogP contribution in [0.4, 0.5) is 4.39 Å². The van der Waals surface area contributed by atoms with Crippen LogP contribution in [0.3, 0.4) is 0 Å². The number of hydrogen-bond acceptors (Lipinski definition) is 2. The lowest BCUT2D eigenvalue weighted by molar-refractivity contribution is 0.0780. The van der Waals surface area contributed by atoms with Crippen LogP contribution < -0.4 is 5.32 Å². The Labute approximate surface area is 140 Å². The fourth-order valence-corrected chi connectivity index (χ4v) is 2.44. The Morgan fingerprint density at radius 1 is 1.12 bits per heavy atom. The zero-order valence-electron chi connectivity index (χ0n) is 13.5. The molecule has 0 aliphatic heterocycles. The molecular formula is C19H19FN2O2. The maximum atomic E-state index is 13.7. The summed E-state index contributed by atoms with van der Waals surface area (Å²) in [6.07, 6.45) is 2.10. The molecule has 4 nitrogen and oxygen atoms in total. The molecule has 3 rings (SSSR count). The number of benzene rings is 2. The van der Waals surface area contributed by atoms with E-state index in [0.717, 1.165) is 18.4 Å². The average Bonchev–Trinajstić information content (AvgIpc) is 3.39. The molecule has 0 bridgehead atoms. The van der Waals surface area contributed by atoms with Crippen LogP contribution in [-0.4, -0.2) is 29.8 Å². The van der Waals surface area contributed by atoms with Crippen molar-refractivity contribution in [2.24, 2.45) is 0 Å². The van der Waals surface area contributed by atoms with Gasteiger partial charge in [-0.2, -0.15) is 0 Å². The van der Waals surface area contributed by atoms with Gasteiger partial charge in [0.2, 0.25) is 0 Å². The molecule has 0 aromatic heterocycles. The fraction of sp³-hybridized carbons (Fsp3) is 0.263. The lowest BCUT2D eigenvalue weighted by Crippen LogP contribution is -2.27. The largest absolute Gasteiger partial charge is 0.349 e. The second kappa shape index (κ2) is 6.83. The summed E-state index contributed by atoms with van der Waals surface area (Å²) in [5.41, 5.74) is 1.54. The smallest absolute Gasteiger partial charge is 0.256 e. The number of halogens is 1. The summed E-state index contributed by atoms with van der Waals surface area (Å²) >= 11 is 0. The number of nitrogens with zero attached hydrogens (tertiary/aromatic N) is 1. The van der Waals surface area contributed by atoms with Gasteiger partial charge >= 0.3 is 0 Å². The summed E-state index contributed by atoms with van der Waals surface area (Å²) < 4.78 is 13.7. The zero-order valence-corrected chi connectivity index (χ0v) is 13.5. The predicted octanol–water partition coefficient (Wildman–Crippen LogP) is 2.99. The van der Waals surface area contributed by atoms with Gasteiger partial charge < -0.3 is 10.2 Å². The Kier molecular flexibility index (Phi) is 4.60. The molecule has 0 atom stereocenters. The molecule has 0 spiro atoms. The van der Waals surface area contributed by atoms with Crippen molar-refractivity contribution in [2.75, 3.05) is 7.05 Å². The molecule has 1 saturated carbocycles. The van der Waals surface area contributed by atoms with Crippen LogP contribution in [-0.2, 0) is 6.54 Å². The summed E-state index contributed by atoms with van der Waals surface area (Å²) in [5.74, 6) is -0.968. The van der Waals surface area contributed by atoms with Crippen molar-refractivity contribution in [1.82, 2.24) is 10.2 Å². The number of carbonyl (C=O) groups is 2. The third-order valence-electron chi connectivity index (χ3n) is 4.00. The number of nitrogens with one attached hydrogen (secondary N) is 1. The normalized spacial score (nSPS) is 13.4. The second-order valence-electron chi connectivity index (χ2n) is 6.09. The van der Waals surface area contributed by atoms with Crippen molar-refractivity contribution in [2.45, 2.75) is 25.4 Å². The highest BCUT2D eigenvalue weighted by atomic mass is 19.1. The van der Waals surface area contributed by atoms with E-state index >= 15 is 0 Å². The minimum Gasteiger partial charge on any atom is -0.349 e. The number of amides is 2. The first-order valence-corrected chi connectivity index (χ1v) is 7.94. The van der Waals surface area contributed by atoms with Gasteiger partial charge in [-0.1, -0.05) is 24.3 Å². The van der Waals surface area contributed by atoms with Gasteiger partial charge in [0.1, 0.15) is 5.82 Å². The summed E-state index contributed by atoms with van der Waals surface area (Å²) in [6, 6.07) is 13.4. The van der Waals surface area contributed by atoms with Crippen LogP contribution in [0.1, 0.15) is 39.1 Å². The van der Waals surface area contributed by atoms with Crippen LogP contribution >= 0.6 is 0 Å². The molecule has 2 aromatic carbocycles. The Morgan fingerprint density at radius 2 is 1.79 bits per heavy atom. The molecule has 2 amide bonds. The lowest BCUT2D eigenvalue weighted by atomic mass is 10.1. The van der Waals surface area contributed by atoms with E-state index in [-0.39, 0.29) is 17.4 Å². The maximum absolute atomic E-state index is 13.7. The molecule has 0 heterocycles. The standard InChI is InChI=1S/C19H19FN2O2/c1-22(19(24)16-4-2-3-5-17(16)20)12-13-6-8-14(9-7-13)18(23)21-15-10-11-15/h2-9,15H,10-12H2,1H3,(H,21,23). The van der Waals surface area contributed by atoms with Crippen LogP contribution in [0.5, 0.6) is 0 Å². The van der Waals surface area contributed by atoms with E-state index in [1.165, 1.54) is 17.0 Å². The molecule has 0 unspecified atom stereocenters. The van der Waals surface area contributed by atoms with Crippen molar-refractivity contribution in [3.05, 3.63) is 71.0 Å². The number of carbonyl (C=O) groups excluding carboxylic acids is 2. The van der Waals surface area contributed by atoms with Gasteiger partial charge in [-0.25, -0.2) is 4.39 Å². The van der Waals surface area contributed by atoms with Gasteiger partial charge in [-0.15, -0.1) is 0 Å². The minimum atomic E-state index is -0.526. The van der Waals surface area contributed by atoms with Crippen LogP contribution in [0, 0.1) is 5.82 Å². The first-order valence-electron chi connectivity index (χ1n) is 7.94. The average molecular weight is 326 g/mol. The summed E-state index contributed by atoms with van der Waals surface area (Å²) in [6.45, 7) is 0.345. The van der Waals surface area contributed by atoms with E-state index in [1.807, 2.05) is 12.1 Å². The van der Waals surface area contributed by atoms with Crippen LogP contribution in [0.25, 0.3) is 0 Å². The molecule has 1 aliphatic rings.